The lowest BCUT2D eigenvalue weighted by Gasteiger charge is -2.22. The lowest BCUT2D eigenvalue weighted by molar-refractivity contribution is -0.130. The van der Waals surface area contributed by atoms with Gasteiger partial charge in [0.05, 0.1) is 0 Å². The molecule has 0 bridgehead atoms. The van der Waals surface area contributed by atoms with Crippen LogP contribution >= 0.6 is 7.60 Å². The third kappa shape index (κ3) is 7.18. The van der Waals surface area contributed by atoms with Crippen molar-refractivity contribution in [3.8, 4) is 0 Å². The van der Waals surface area contributed by atoms with E-state index in [1.807, 2.05) is 0 Å². The SMILES string of the molecule is CC(=O)N[C@@H](Cc1ccccc1)C(=O)N[C@@H](Cc1ccc(C(F)(F)P(=O)(O)O)cc1)C(N)=O. The Balaban J connectivity index is 2.15. The first kappa shape index (κ1) is 26.1. The fourth-order valence-electron chi connectivity index (χ4n) is 3.04. The molecule has 0 radical (unpaired) electrons. The van der Waals surface area contributed by atoms with E-state index in [0.29, 0.717) is 5.56 Å². The van der Waals surface area contributed by atoms with Crippen molar-refractivity contribution in [2.24, 2.45) is 5.73 Å². The summed E-state index contributed by atoms with van der Waals surface area (Å²) in [5.74, 6) is -2.01. The van der Waals surface area contributed by atoms with Gasteiger partial charge in [0.2, 0.25) is 17.7 Å². The summed E-state index contributed by atoms with van der Waals surface area (Å²) in [5.41, 5.74) is 1.19. The maximum absolute atomic E-state index is 13.8. The van der Waals surface area contributed by atoms with Gasteiger partial charge in [-0.3, -0.25) is 18.9 Å². The van der Waals surface area contributed by atoms with Crippen molar-refractivity contribution in [2.45, 2.75) is 37.5 Å². The number of carbonyl (C=O) groups is 3. The van der Waals surface area contributed by atoms with Gasteiger partial charge in [-0.1, -0.05) is 54.6 Å². The van der Waals surface area contributed by atoms with Crippen LogP contribution in [0.25, 0.3) is 0 Å². The van der Waals surface area contributed by atoms with Crippen LogP contribution in [0.5, 0.6) is 0 Å². The van der Waals surface area contributed by atoms with Crippen molar-refractivity contribution in [3.63, 3.8) is 0 Å². The summed E-state index contributed by atoms with van der Waals surface area (Å²) in [6.07, 6.45) is -0.00907. The predicted octanol–water partition coefficient (Wildman–Crippen LogP) is 1.17. The molecule has 2 aromatic rings. The Bertz CT molecular complexity index is 1040. The zero-order chi connectivity index (χ0) is 24.8. The number of benzene rings is 2. The Kier molecular flexibility index (Phi) is 8.43. The maximum Gasteiger partial charge on any atom is 0.399 e. The van der Waals surface area contributed by atoms with Crippen molar-refractivity contribution < 1.29 is 37.5 Å². The van der Waals surface area contributed by atoms with Crippen molar-refractivity contribution in [1.82, 2.24) is 10.6 Å². The van der Waals surface area contributed by atoms with Gasteiger partial charge in [-0.15, -0.1) is 0 Å². The monoisotopic (exact) mass is 483 g/mol. The molecule has 0 saturated carbocycles. The number of amides is 3. The molecule has 3 amide bonds. The highest BCUT2D eigenvalue weighted by molar-refractivity contribution is 7.52. The van der Waals surface area contributed by atoms with Crippen molar-refractivity contribution >= 4 is 25.3 Å². The van der Waals surface area contributed by atoms with Gasteiger partial charge in [0.1, 0.15) is 12.1 Å². The van der Waals surface area contributed by atoms with E-state index in [9.17, 15) is 27.7 Å². The smallest absolute Gasteiger partial charge is 0.368 e. The zero-order valence-corrected chi connectivity index (χ0v) is 18.5. The van der Waals surface area contributed by atoms with Gasteiger partial charge < -0.3 is 26.2 Å². The Morgan fingerprint density at radius 1 is 0.939 bits per heavy atom. The van der Waals surface area contributed by atoms with E-state index < -0.39 is 48.6 Å². The van der Waals surface area contributed by atoms with Crippen LogP contribution in [0.4, 0.5) is 8.78 Å². The summed E-state index contributed by atoms with van der Waals surface area (Å²) < 4.78 is 38.6. The molecule has 6 N–H and O–H groups in total. The number of hydrogen-bond donors (Lipinski definition) is 5. The minimum absolute atomic E-state index is 0.157. The average Bonchev–Trinajstić information content (AvgIpc) is 2.72. The van der Waals surface area contributed by atoms with Gasteiger partial charge in [-0.2, -0.15) is 8.78 Å². The lowest BCUT2D eigenvalue weighted by atomic mass is 10.0. The van der Waals surface area contributed by atoms with Crippen molar-refractivity contribution in [2.75, 3.05) is 0 Å². The van der Waals surface area contributed by atoms with E-state index in [-0.39, 0.29) is 12.8 Å². The fourth-order valence-corrected chi connectivity index (χ4v) is 3.53. The minimum Gasteiger partial charge on any atom is -0.368 e. The zero-order valence-electron chi connectivity index (χ0n) is 17.6. The standard InChI is InChI=1S/C21H24F2N3O6P/c1-13(27)25-18(12-14-5-3-2-4-6-14)20(29)26-17(19(24)28)11-15-7-9-16(10-8-15)21(22,23)33(30,31)32/h2-10,17-18H,11-12H2,1H3,(H2,24,28)(H,25,27)(H,26,29)(H2,30,31,32)/t17-,18-/m0/s1. The molecule has 2 rings (SSSR count). The Morgan fingerprint density at radius 3 is 1.94 bits per heavy atom. The van der Waals surface area contributed by atoms with Gasteiger partial charge in [-0.05, 0) is 11.1 Å². The highest BCUT2D eigenvalue weighted by Gasteiger charge is 2.50. The second-order valence-electron chi connectivity index (χ2n) is 7.39. The van der Waals surface area contributed by atoms with E-state index in [4.69, 9.17) is 15.5 Å². The molecule has 2 aromatic carbocycles. The molecule has 0 fully saturated rings. The molecule has 0 spiro atoms. The van der Waals surface area contributed by atoms with E-state index >= 15 is 0 Å². The summed E-state index contributed by atoms with van der Waals surface area (Å²) in [6.45, 7) is 1.24. The molecule has 178 valence electrons. The fraction of sp³-hybridized carbons (Fsp3) is 0.286. The Morgan fingerprint density at radius 2 is 1.45 bits per heavy atom. The Labute approximate surface area is 188 Å². The number of halogens is 2. The third-order valence-corrected chi connectivity index (χ3v) is 5.73. The molecule has 0 unspecified atom stereocenters. The number of primary amides is 1. The van der Waals surface area contributed by atoms with Crippen molar-refractivity contribution in [1.29, 1.82) is 0 Å². The molecule has 9 nitrogen and oxygen atoms in total. The number of nitrogens with two attached hydrogens (primary N) is 1. The first-order valence-electron chi connectivity index (χ1n) is 9.75. The molecule has 0 aliphatic carbocycles. The molecule has 0 saturated heterocycles. The van der Waals surface area contributed by atoms with Gasteiger partial charge >= 0.3 is 13.3 Å². The number of alkyl halides is 2. The highest BCUT2D eigenvalue weighted by Crippen LogP contribution is 2.59. The minimum atomic E-state index is -5.72. The van der Waals surface area contributed by atoms with Gasteiger partial charge in [0.15, 0.2) is 0 Å². The summed E-state index contributed by atoms with van der Waals surface area (Å²) >= 11 is 0. The third-order valence-electron chi connectivity index (χ3n) is 4.74. The van der Waals surface area contributed by atoms with Gasteiger partial charge in [0.25, 0.3) is 0 Å². The van der Waals surface area contributed by atoms with E-state index in [1.165, 1.54) is 6.92 Å². The topological polar surface area (TPSA) is 159 Å². The van der Waals surface area contributed by atoms with E-state index in [1.54, 1.807) is 30.3 Å². The second kappa shape index (κ2) is 10.7. The molecule has 0 heterocycles. The van der Waals surface area contributed by atoms with Crippen LogP contribution in [0, 0.1) is 0 Å². The summed E-state index contributed by atoms with van der Waals surface area (Å²) in [6, 6.07) is 10.6. The molecular formula is C21H24F2N3O6P. The molecule has 33 heavy (non-hydrogen) atoms. The lowest BCUT2D eigenvalue weighted by Crippen LogP contribution is -2.54. The summed E-state index contributed by atoms with van der Waals surface area (Å²) in [5, 5.41) is 4.97. The molecular weight excluding hydrogens is 459 g/mol. The van der Waals surface area contributed by atoms with E-state index in [0.717, 1.165) is 29.8 Å². The second-order valence-corrected chi connectivity index (χ2v) is 9.04. The van der Waals surface area contributed by atoms with Gasteiger partial charge in [-0.25, -0.2) is 0 Å². The molecule has 0 aliphatic heterocycles. The van der Waals surface area contributed by atoms with Crippen LogP contribution in [-0.2, 0) is 37.5 Å². The highest BCUT2D eigenvalue weighted by atomic mass is 31.2. The first-order valence-corrected chi connectivity index (χ1v) is 11.4. The van der Waals surface area contributed by atoms with Crippen LogP contribution in [0.2, 0.25) is 0 Å². The average molecular weight is 483 g/mol. The van der Waals surface area contributed by atoms with Gasteiger partial charge in [0, 0.05) is 25.3 Å². The maximum atomic E-state index is 13.8. The quantitative estimate of drug-likeness (QED) is 0.319. The van der Waals surface area contributed by atoms with Crippen LogP contribution in [0.1, 0.15) is 23.6 Å². The molecule has 0 aliphatic rings. The van der Waals surface area contributed by atoms with Crippen LogP contribution in [-0.4, -0.2) is 39.6 Å². The normalized spacial score (nSPS) is 13.6. The molecule has 12 heteroatoms. The molecule has 2 atom stereocenters. The number of carbonyl (C=O) groups excluding carboxylic acids is 3. The largest absolute Gasteiger partial charge is 0.399 e. The summed E-state index contributed by atoms with van der Waals surface area (Å²) in [4.78, 5) is 53.9. The summed E-state index contributed by atoms with van der Waals surface area (Å²) in [7, 11) is -5.72. The van der Waals surface area contributed by atoms with Crippen molar-refractivity contribution in [3.05, 3.63) is 71.3 Å². The van der Waals surface area contributed by atoms with Crippen LogP contribution in [0.15, 0.2) is 54.6 Å². The Hall–Kier alpha value is -3.14. The van der Waals surface area contributed by atoms with Crippen LogP contribution in [0.3, 0.4) is 0 Å². The van der Waals surface area contributed by atoms with Crippen LogP contribution < -0.4 is 16.4 Å². The number of nitrogens with one attached hydrogen (secondary N) is 2. The first-order chi connectivity index (χ1) is 15.3. The number of rotatable bonds is 10. The van der Waals surface area contributed by atoms with E-state index in [2.05, 4.69) is 10.6 Å². The predicted molar refractivity (Wildman–Crippen MR) is 115 cm³/mol. The number of hydrogen-bond acceptors (Lipinski definition) is 4. The molecule has 0 aromatic heterocycles.